The molecule has 2 N–H and O–H groups in total. The molecule has 0 bridgehead atoms. The number of carbonyl (C=O) groups is 3. The fourth-order valence-electron chi connectivity index (χ4n) is 3.37. The van der Waals surface area contributed by atoms with E-state index in [1.54, 1.807) is 12.1 Å². The Balaban J connectivity index is 0.00000544. The first-order chi connectivity index (χ1) is 15.4. The Morgan fingerprint density at radius 2 is 1.82 bits per heavy atom. The molecule has 2 amide bonds. The van der Waals surface area contributed by atoms with E-state index >= 15 is 0 Å². The Labute approximate surface area is 212 Å². The monoisotopic (exact) mass is 462 g/mol. The van der Waals surface area contributed by atoms with Crippen molar-refractivity contribution in [3.05, 3.63) is 59.2 Å². The number of amides is 2. The number of benzene rings is 2. The zero-order valence-corrected chi connectivity index (χ0v) is 20.7. The second kappa shape index (κ2) is 14.8. The number of hydrogen-bond donors (Lipinski definition) is 2. The van der Waals surface area contributed by atoms with Gasteiger partial charge in [-0.3, -0.25) is 9.59 Å². The third-order valence-corrected chi connectivity index (χ3v) is 5.83. The van der Waals surface area contributed by atoms with Gasteiger partial charge in [-0.15, -0.1) is 0 Å². The summed E-state index contributed by atoms with van der Waals surface area (Å²) in [6.07, 6.45) is 4.30. The number of thioether (sulfide) groups is 1. The van der Waals surface area contributed by atoms with E-state index in [1.807, 2.05) is 43.5 Å². The maximum absolute atomic E-state index is 13.0. The van der Waals surface area contributed by atoms with Crippen molar-refractivity contribution < 1.29 is 38.4 Å². The van der Waals surface area contributed by atoms with Gasteiger partial charge in [0.05, 0.1) is 18.4 Å². The predicted molar refractivity (Wildman–Crippen MR) is 127 cm³/mol. The van der Waals surface area contributed by atoms with Gasteiger partial charge < -0.3 is 20.5 Å². The molecule has 2 aromatic rings. The van der Waals surface area contributed by atoms with Gasteiger partial charge in [-0.2, -0.15) is 11.8 Å². The van der Waals surface area contributed by atoms with E-state index < -0.39 is 17.9 Å². The van der Waals surface area contributed by atoms with Crippen LogP contribution in [-0.4, -0.2) is 42.4 Å². The van der Waals surface area contributed by atoms with Crippen molar-refractivity contribution in [3.8, 4) is 11.1 Å². The summed E-state index contributed by atoms with van der Waals surface area (Å²) in [5, 5.41) is 17.0. The third kappa shape index (κ3) is 8.92. The Hall–Kier alpha value is -2.20. The minimum absolute atomic E-state index is 0. The average molecular weight is 463 g/mol. The van der Waals surface area contributed by atoms with Crippen LogP contribution < -0.4 is 34.6 Å². The van der Waals surface area contributed by atoms with Crippen molar-refractivity contribution in [1.29, 1.82) is 0 Å². The third-order valence-electron chi connectivity index (χ3n) is 5.18. The molecule has 172 valence electrons. The van der Waals surface area contributed by atoms with E-state index in [2.05, 4.69) is 17.6 Å². The van der Waals surface area contributed by atoms with E-state index in [4.69, 9.17) is 0 Å². The molecular formula is C25H31LiN2O4S. The van der Waals surface area contributed by atoms with Crippen LogP contribution in [0.5, 0.6) is 0 Å². The molecule has 0 aliphatic rings. The van der Waals surface area contributed by atoms with Gasteiger partial charge in [-0.05, 0) is 66.2 Å². The zero-order chi connectivity index (χ0) is 23.5. The van der Waals surface area contributed by atoms with Crippen molar-refractivity contribution in [2.45, 2.75) is 45.6 Å². The van der Waals surface area contributed by atoms with Crippen molar-refractivity contribution in [1.82, 2.24) is 10.6 Å². The van der Waals surface area contributed by atoms with Crippen molar-refractivity contribution in [2.75, 3.05) is 18.6 Å². The molecule has 0 radical (unpaired) electrons. The van der Waals surface area contributed by atoms with E-state index in [9.17, 15) is 19.5 Å². The summed E-state index contributed by atoms with van der Waals surface area (Å²) in [5.74, 6) is -1.25. The predicted octanol–water partition coefficient (Wildman–Crippen LogP) is -0.274. The SMILES string of the molecule is CCCCNC(=O)Cc1ccc(C(=O)N[C@@H](CCSC)C(=O)[O-])c(-c2ccccc2C)c1.[Li+]. The van der Waals surface area contributed by atoms with E-state index in [1.165, 1.54) is 11.8 Å². The molecule has 0 unspecified atom stereocenters. The molecule has 0 aliphatic carbocycles. The number of unbranched alkanes of at least 4 members (excludes halogenated alkanes) is 1. The van der Waals surface area contributed by atoms with Gasteiger partial charge in [-0.25, -0.2) is 0 Å². The summed E-state index contributed by atoms with van der Waals surface area (Å²) in [5.41, 5.74) is 3.66. The van der Waals surface area contributed by atoms with Crippen LogP contribution in [0.25, 0.3) is 11.1 Å². The van der Waals surface area contributed by atoms with E-state index in [-0.39, 0.29) is 37.6 Å². The molecule has 6 nitrogen and oxygen atoms in total. The first-order valence-corrected chi connectivity index (χ1v) is 12.2. The number of rotatable bonds is 12. The summed E-state index contributed by atoms with van der Waals surface area (Å²) in [6, 6.07) is 11.8. The van der Waals surface area contributed by atoms with Crippen molar-refractivity contribution >= 4 is 29.5 Å². The molecule has 0 aliphatic heterocycles. The van der Waals surface area contributed by atoms with Crippen LogP contribution in [0.4, 0.5) is 0 Å². The van der Waals surface area contributed by atoms with Crippen molar-refractivity contribution in [2.24, 2.45) is 0 Å². The van der Waals surface area contributed by atoms with Crippen LogP contribution in [0.1, 0.15) is 47.7 Å². The molecule has 1 atom stereocenters. The fraction of sp³-hybridized carbons (Fsp3) is 0.400. The summed E-state index contributed by atoms with van der Waals surface area (Å²) < 4.78 is 0. The number of aryl methyl sites for hydroxylation is 1. The summed E-state index contributed by atoms with van der Waals surface area (Å²) in [6.45, 7) is 4.65. The molecule has 0 spiro atoms. The first-order valence-electron chi connectivity index (χ1n) is 10.8. The van der Waals surface area contributed by atoms with Gasteiger partial charge >= 0.3 is 18.9 Å². The topological polar surface area (TPSA) is 98.3 Å². The molecule has 0 saturated carbocycles. The molecule has 8 heteroatoms. The minimum atomic E-state index is -1.30. The maximum Gasteiger partial charge on any atom is 1.00 e. The van der Waals surface area contributed by atoms with Gasteiger partial charge in [0.2, 0.25) is 5.91 Å². The molecular weight excluding hydrogens is 431 g/mol. The molecule has 2 aromatic carbocycles. The van der Waals surface area contributed by atoms with Gasteiger partial charge in [0.25, 0.3) is 5.91 Å². The molecule has 2 rings (SSSR count). The maximum atomic E-state index is 13.0. The Morgan fingerprint density at radius 3 is 2.45 bits per heavy atom. The van der Waals surface area contributed by atoms with Crippen LogP contribution in [0.15, 0.2) is 42.5 Å². The first kappa shape index (κ1) is 28.8. The smallest absolute Gasteiger partial charge is 0.548 e. The van der Waals surface area contributed by atoms with Crippen molar-refractivity contribution in [3.63, 3.8) is 0 Å². The zero-order valence-electron chi connectivity index (χ0n) is 19.9. The fourth-order valence-corrected chi connectivity index (χ4v) is 3.84. The Kier molecular flexibility index (Phi) is 13.0. The van der Waals surface area contributed by atoms with E-state index in [0.29, 0.717) is 23.4 Å². The number of carboxylic acid groups (broad SMARTS) is 1. The molecule has 33 heavy (non-hydrogen) atoms. The quantitative estimate of drug-likeness (QED) is 0.334. The normalized spacial score (nSPS) is 11.2. The number of hydrogen-bond acceptors (Lipinski definition) is 5. The van der Waals surface area contributed by atoms with Crippen LogP contribution in [-0.2, 0) is 16.0 Å². The number of carbonyl (C=O) groups excluding carboxylic acids is 3. The van der Waals surface area contributed by atoms with Crippen LogP contribution in [0, 0.1) is 6.92 Å². The van der Waals surface area contributed by atoms with Gasteiger partial charge in [0.15, 0.2) is 0 Å². The van der Waals surface area contributed by atoms with Crippen LogP contribution in [0.3, 0.4) is 0 Å². The van der Waals surface area contributed by atoms with E-state index in [0.717, 1.165) is 29.5 Å². The van der Waals surface area contributed by atoms with Crippen LogP contribution >= 0.6 is 11.8 Å². The van der Waals surface area contributed by atoms with Crippen LogP contribution in [0.2, 0.25) is 0 Å². The molecule has 0 saturated heterocycles. The van der Waals surface area contributed by atoms with Gasteiger partial charge in [-0.1, -0.05) is 43.7 Å². The Bertz CT molecular complexity index is 952. The van der Waals surface area contributed by atoms with Gasteiger partial charge in [0.1, 0.15) is 0 Å². The molecule has 0 aromatic heterocycles. The second-order valence-electron chi connectivity index (χ2n) is 7.70. The largest absolute Gasteiger partial charge is 1.00 e. The average Bonchev–Trinajstić information content (AvgIpc) is 2.76. The summed E-state index contributed by atoms with van der Waals surface area (Å²) in [4.78, 5) is 36.8. The molecule has 0 fully saturated rings. The summed E-state index contributed by atoms with van der Waals surface area (Å²) >= 11 is 1.51. The van der Waals surface area contributed by atoms with Gasteiger partial charge in [0, 0.05) is 12.1 Å². The number of nitrogens with one attached hydrogen (secondary N) is 2. The number of aliphatic carboxylic acids is 1. The second-order valence-corrected chi connectivity index (χ2v) is 8.69. The Morgan fingerprint density at radius 1 is 1.09 bits per heavy atom. The number of carboxylic acids is 1. The standard InChI is InChI=1S/C25H32N2O4S.Li/c1-4-5-13-26-23(28)16-18-10-11-20(21(15-18)19-9-7-6-8-17(19)2)24(29)27-22(25(30)31)12-14-32-3;/h6-11,15,22H,4-5,12-14,16H2,1-3H3,(H,26,28)(H,27,29)(H,30,31);/q;+1/p-1/t22-;/m0./s1. The minimum Gasteiger partial charge on any atom is -0.548 e. The summed E-state index contributed by atoms with van der Waals surface area (Å²) in [7, 11) is 0. The molecule has 0 heterocycles.